The van der Waals surface area contributed by atoms with Gasteiger partial charge in [0.25, 0.3) is 0 Å². The molecule has 0 fully saturated rings. The largest absolute Gasteiger partial charge is 0.420 e. The predicted octanol–water partition coefficient (Wildman–Crippen LogP) is 10.4. The van der Waals surface area contributed by atoms with Gasteiger partial charge in [-0.1, -0.05) is 30.3 Å². The van der Waals surface area contributed by atoms with Crippen LogP contribution in [0.1, 0.15) is 45.0 Å². The molecule has 16 heteroatoms. The standard InChI is InChI=1S/C30H14F12N4/c31-27(32,33)22-15-6-7-16(43-15)23(28(34,35)36)18-10-11-20(45-18)25(30(40,41)42)26-14(13-4-2-1-3-5-13)12-21(46-26)24(29(37,38)39)19-9-8-17(22)44-19/h1-12,44,46H. The van der Waals surface area contributed by atoms with Crippen LogP contribution < -0.4 is 0 Å². The Hall–Kier alpha value is -5.02. The van der Waals surface area contributed by atoms with E-state index >= 15 is 0 Å². The molecule has 3 aromatic heterocycles. The van der Waals surface area contributed by atoms with Crippen LogP contribution >= 0.6 is 0 Å². The third-order valence-corrected chi connectivity index (χ3v) is 7.08. The third-order valence-electron chi connectivity index (χ3n) is 7.08. The molecular weight excluding hydrogens is 644 g/mol. The third kappa shape index (κ3) is 5.41. The van der Waals surface area contributed by atoms with Crippen LogP contribution in [0.4, 0.5) is 52.7 Å². The van der Waals surface area contributed by atoms with Crippen molar-refractivity contribution in [1.82, 2.24) is 19.9 Å². The first-order valence-corrected chi connectivity index (χ1v) is 12.9. The Labute approximate surface area is 248 Å². The van der Waals surface area contributed by atoms with Gasteiger partial charge in [0.2, 0.25) is 0 Å². The molecule has 1 aromatic carbocycles. The molecule has 238 valence electrons. The second-order valence-electron chi connectivity index (χ2n) is 10.0. The molecule has 0 atom stereocenters. The molecule has 2 N–H and O–H groups in total. The van der Waals surface area contributed by atoms with Gasteiger partial charge < -0.3 is 9.97 Å². The van der Waals surface area contributed by atoms with E-state index in [9.17, 15) is 52.7 Å². The fourth-order valence-corrected chi connectivity index (χ4v) is 5.32. The number of aromatic nitrogens is 4. The van der Waals surface area contributed by atoms with Gasteiger partial charge in [0.15, 0.2) is 0 Å². The molecule has 0 saturated carbocycles. The molecule has 2 aliphatic heterocycles. The predicted molar refractivity (Wildman–Crippen MR) is 144 cm³/mol. The van der Waals surface area contributed by atoms with Gasteiger partial charge >= 0.3 is 24.7 Å². The molecule has 6 rings (SSSR count). The second kappa shape index (κ2) is 10.3. The minimum absolute atomic E-state index is 0.0106. The van der Waals surface area contributed by atoms with Gasteiger partial charge in [-0.05, 0) is 48.1 Å². The highest BCUT2D eigenvalue weighted by Crippen LogP contribution is 2.45. The topological polar surface area (TPSA) is 57.4 Å². The number of aromatic amines is 2. The molecular formula is C30H14F12N4. The summed E-state index contributed by atoms with van der Waals surface area (Å²) in [5.74, 6) is 0. The molecule has 4 aromatic rings. The number of H-pyrrole nitrogens is 2. The lowest BCUT2D eigenvalue weighted by atomic mass is 10.0. The Kier molecular flexibility index (Phi) is 6.90. The summed E-state index contributed by atoms with van der Waals surface area (Å²) in [4.78, 5) is 11.1. The Balaban J connectivity index is 1.95. The summed E-state index contributed by atoms with van der Waals surface area (Å²) in [6, 6.07) is 8.81. The van der Waals surface area contributed by atoms with Gasteiger partial charge in [-0.3, -0.25) is 0 Å². The molecule has 0 radical (unpaired) electrons. The van der Waals surface area contributed by atoms with Crippen LogP contribution in [0.2, 0.25) is 0 Å². The van der Waals surface area contributed by atoms with E-state index in [1.807, 2.05) is 4.98 Å². The molecule has 0 aliphatic carbocycles. The van der Waals surface area contributed by atoms with E-state index in [1.165, 1.54) is 30.3 Å². The average Bonchev–Trinajstić information content (AvgIpc) is 3.72. The summed E-state index contributed by atoms with van der Waals surface area (Å²) < 4.78 is 174. The smallest absolute Gasteiger partial charge is 0.354 e. The van der Waals surface area contributed by atoms with E-state index in [1.54, 1.807) is 0 Å². The first kappa shape index (κ1) is 31.0. The number of nitrogens with zero attached hydrogens (tertiary/aromatic N) is 2. The Morgan fingerprint density at radius 1 is 0.435 bits per heavy atom. The van der Waals surface area contributed by atoms with E-state index in [0.29, 0.717) is 36.4 Å². The first-order chi connectivity index (χ1) is 21.3. The Morgan fingerprint density at radius 2 is 0.870 bits per heavy atom. The molecule has 0 saturated heterocycles. The maximum Gasteiger partial charge on any atom is 0.420 e. The monoisotopic (exact) mass is 658 g/mol. The number of rotatable bonds is 1. The van der Waals surface area contributed by atoms with Crippen molar-refractivity contribution in [2.75, 3.05) is 0 Å². The Bertz CT molecular complexity index is 2090. The lowest BCUT2D eigenvalue weighted by molar-refractivity contribution is -0.138. The van der Waals surface area contributed by atoms with Crippen molar-refractivity contribution in [2.24, 2.45) is 0 Å². The summed E-state index contributed by atoms with van der Waals surface area (Å²) in [6.45, 7) is 0. The number of halogens is 12. The number of benzene rings is 1. The number of hydrogen-bond donors (Lipinski definition) is 2. The zero-order valence-electron chi connectivity index (χ0n) is 22.4. The number of hydrogen-bond acceptors (Lipinski definition) is 2. The molecule has 8 bridgehead atoms. The van der Waals surface area contributed by atoms with Crippen molar-refractivity contribution in [3.63, 3.8) is 0 Å². The van der Waals surface area contributed by atoms with Crippen LogP contribution in [0.15, 0.2) is 48.5 Å². The molecule has 5 heterocycles. The molecule has 0 spiro atoms. The van der Waals surface area contributed by atoms with Gasteiger partial charge in [0.1, 0.15) is 22.3 Å². The minimum Gasteiger partial charge on any atom is -0.354 e. The average molecular weight is 658 g/mol. The van der Waals surface area contributed by atoms with Crippen molar-refractivity contribution < 1.29 is 52.7 Å². The van der Waals surface area contributed by atoms with Gasteiger partial charge in [-0.15, -0.1) is 0 Å². The van der Waals surface area contributed by atoms with Gasteiger partial charge in [-0.25, -0.2) is 9.97 Å². The van der Waals surface area contributed by atoms with E-state index < -0.39 is 97.4 Å². The van der Waals surface area contributed by atoms with Crippen LogP contribution in [-0.2, 0) is 24.7 Å². The maximum atomic E-state index is 14.8. The molecule has 46 heavy (non-hydrogen) atoms. The van der Waals surface area contributed by atoms with Crippen LogP contribution in [0.5, 0.6) is 0 Å². The highest BCUT2D eigenvalue weighted by atomic mass is 19.4. The maximum absolute atomic E-state index is 14.8. The van der Waals surface area contributed by atoms with Gasteiger partial charge in [0.05, 0.1) is 44.8 Å². The fourth-order valence-electron chi connectivity index (χ4n) is 5.32. The van der Waals surface area contributed by atoms with Crippen molar-refractivity contribution in [2.45, 2.75) is 24.7 Å². The summed E-state index contributed by atoms with van der Waals surface area (Å²) in [6.07, 6.45) is -19.1. The van der Waals surface area contributed by atoms with Gasteiger partial charge in [0, 0.05) is 5.56 Å². The first-order valence-electron chi connectivity index (χ1n) is 12.9. The SMILES string of the molecule is FC(F)(F)c1c2nc(c(C(F)(F)F)c3ccc([nH]3)c(C(F)(F)F)c3cc(-c4ccccc4)c([nH]3)c(C(F)(F)F)c3nc1C=C3)C=C2. The molecule has 2 aliphatic rings. The summed E-state index contributed by atoms with van der Waals surface area (Å²) in [5.41, 5.74) is -15.5. The fraction of sp³-hybridized carbons (Fsp3) is 0.133. The van der Waals surface area contributed by atoms with Crippen molar-refractivity contribution in [3.05, 3.63) is 93.6 Å². The number of nitrogens with one attached hydrogen (secondary N) is 2. The van der Waals surface area contributed by atoms with E-state index in [0.717, 1.165) is 6.07 Å². The van der Waals surface area contributed by atoms with E-state index in [-0.39, 0.29) is 5.56 Å². The van der Waals surface area contributed by atoms with Gasteiger partial charge in [-0.2, -0.15) is 52.7 Å². The lowest BCUT2D eigenvalue weighted by Crippen LogP contribution is -2.11. The van der Waals surface area contributed by atoms with E-state index in [2.05, 4.69) is 15.0 Å². The quantitative estimate of drug-likeness (QED) is 0.173. The van der Waals surface area contributed by atoms with Crippen LogP contribution in [0.3, 0.4) is 0 Å². The van der Waals surface area contributed by atoms with Crippen molar-refractivity contribution >= 4 is 46.4 Å². The van der Waals surface area contributed by atoms with Crippen LogP contribution in [-0.4, -0.2) is 19.9 Å². The molecule has 0 amide bonds. The summed E-state index contributed by atoms with van der Waals surface area (Å²) in [7, 11) is 0. The zero-order chi connectivity index (χ0) is 33.4. The highest BCUT2D eigenvalue weighted by molar-refractivity contribution is 5.92. The van der Waals surface area contributed by atoms with Crippen molar-refractivity contribution in [1.29, 1.82) is 0 Å². The normalized spacial score (nSPS) is 13.9. The number of alkyl halides is 12. The van der Waals surface area contributed by atoms with E-state index in [4.69, 9.17) is 0 Å². The summed E-state index contributed by atoms with van der Waals surface area (Å²) in [5, 5.41) is 0. The zero-order valence-corrected chi connectivity index (χ0v) is 22.4. The Morgan fingerprint density at radius 3 is 1.35 bits per heavy atom. The molecule has 4 nitrogen and oxygen atoms in total. The molecule has 0 unspecified atom stereocenters. The lowest BCUT2D eigenvalue weighted by Gasteiger charge is -2.11. The second-order valence-corrected chi connectivity index (χ2v) is 10.0. The van der Waals surface area contributed by atoms with Crippen LogP contribution in [0.25, 0.3) is 57.5 Å². The summed E-state index contributed by atoms with van der Waals surface area (Å²) >= 11 is 0. The number of fused-ring (bicyclic) bond motifs is 8. The minimum atomic E-state index is -5.38. The van der Waals surface area contributed by atoms with Crippen LogP contribution in [0, 0.1) is 0 Å². The van der Waals surface area contributed by atoms with Crippen molar-refractivity contribution in [3.8, 4) is 11.1 Å². The highest BCUT2D eigenvalue weighted by Gasteiger charge is 2.42.